The quantitative estimate of drug-likeness (QED) is 0.184. The largest absolute Gasteiger partial charge is 0.501 e. The van der Waals surface area contributed by atoms with E-state index in [4.69, 9.17) is 9.84 Å². The van der Waals surface area contributed by atoms with Crippen molar-refractivity contribution in [2.45, 2.75) is 13.3 Å². The average molecular weight is 400 g/mol. The van der Waals surface area contributed by atoms with Crippen molar-refractivity contribution in [2.24, 2.45) is 5.10 Å². The van der Waals surface area contributed by atoms with Crippen molar-refractivity contribution in [1.29, 1.82) is 0 Å². The molecule has 0 radical (unpaired) electrons. The minimum absolute atomic E-state index is 0.116. The summed E-state index contributed by atoms with van der Waals surface area (Å²) in [4.78, 5) is 23.5. The lowest BCUT2D eigenvalue weighted by atomic mass is 10.1. The Bertz CT molecular complexity index is 782. The van der Waals surface area contributed by atoms with Crippen LogP contribution in [0.5, 0.6) is 0 Å². The van der Waals surface area contributed by atoms with Crippen molar-refractivity contribution in [2.75, 3.05) is 26.8 Å². The van der Waals surface area contributed by atoms with Gasteiger partial charge in [0.2, 0.25) is 5.91 Å². The number of ether oxygens (including phenoxy) is 1. The summed E-state index contributed by atoms with van der Waals surface area (Å²) in [6.07, 6.45) is 3.44. The van der Waals surface area contributed by atoms with Crippen LogP contribution in [0.1, 0.15) is 29.3 Å². The average Bonchev–Trinajstić information content (AvgIpc) is 2.71. The van der Waals surface area contributed by atoms with Gasteiger partial charge in [0.05, 0.1) is 31.4 Å². The molecule has 0 aromatic heterocycles. The maximum Gasteiger partial charge on any atom is 0.251 e. The number of hydrazone groups is 1. The number of nitrogens with zero attached hydrogens (tertiary/aromatic N) is 1. The molecule has 1 rings (SSSR count). The van der Waals surface area contributed by atoms with Crippen LogP contribution in [0.15, 0.2) is 59.9 Å². The van der Waals surface area contributed by atoms with E-state index in [1.54, 1.807) is 43.7 Å². The predicted octanol–water partition coefficient (Wildman–Crippen LogP) is 1.57. The maximum absolute atomic E-state index is 12.1. The molecule has 1 aromatic carbocycles. The molecule has 0 heterocycles. The van der Waals surface area contributed by atoms with E-state index in [1.165, 1.54) is 0 Å². The lowest BCUT2D eigenvalue weighted by Gasteiger charge is -2.08. The van der Waals surface area contributed by atoms with Crippen LogP contribution in [-0.2, 0) is 9.53 Å². The molecule has 0 aliphatic carbocycles. The van der Waals surface area contributed by atoms with E-state index in [0.29, 0.717) is 16.8 Å². The van der Waals surface area contributed by atoms with Gasteiger partial charge in [-0.3, -0.25) is 15.0 Å². The summed E-state index contributed by atoms with van der Waals surface area (Å²) in [5, 5.41) is 17.9. The van der Waals surface area contributed by atoms with E-state index in [9.17, 15) is 9.59 Å². The third-order valence-corrected chi connectivity index (χ3v) is 3.71. The maximum atomic E-state index is 12.1. The molecule has 0 saturated carbocycles. The van der Waals surface area contributed by atoms with Gasteiger partial charge in [0.15, 0.2) is 0 Å². The molecule has 0 atom stereocenters. The highest BCUT2D eigenvalue weighted by molar-refractivity contribution is 5.94. The number of hydrogen-bond acceptors (Lipinski definition) is 6. The van der Waals surface area contributed by atoms with Crippen LogP contribution in [0.25, 0.3) is 5.70 Å². The fraction of sp³-hybridized carbons (Fsp3) is 0.286. The van der Waals surface area contributed by atoms with Gasteiger partial charge in [-0.1, -0.05) is 25.3 Å². The first kappa shape index (κ1) is 23.6. The van der Waals surface area contributed by atoms with Gasteiger partial charge >= 0.3 is 0 Å². The third-order valence-electron chi connectivity index (χ3n) is 3.71. The molecule has 0 spiro atoms. The molecular formula is C21H28N4O4. The van der Waals surface area contributed by atoms with Crippen molar-refractivity contribution >= 4 is 23.7 Å². The van der Waals surface area contributed by atoms with Crippen molar-refractivity contribution in [3.8, 4) is 0 Å². The topological polar surface area (TPSA) is 112 Å². The molecule has 4 N–H and O–H groups in total. The number of allylic oxidation sites excluding steroid dienone is 3. The molecule has 2 amide bonds. The molecule has 8 heteroatoms. The van der Waals surface area contributed by atoms with E-state index in [1.807, 2.05) is 6.92 Å². The molecule has 29 heavy (non-hydrogen) atoms. The fourth-order valence-corrected chi connectivity index (χ4v) is 2.11. The van der Waals surface area contributed by atoms with Crippen molar-refractivity contribution in [1.82, 2.24) is 16.1 Å². The lowest BCUT2D eigenvalue weighted by Crippen LogP contribution is -2.32. The molecule has 0 aliphatic rings. The number of aliphatic hydroxyl groups excluding tert-OH is 1. The second kappa shape index (κ2) is 12.9. The summed E-state index contributed by atoms with van der Waals surface area (Å²) in [5.74, 6) is 0.216. The van der Waals surface area contributed by atoms with Crippen LogP contribution in [0.3, 0.4) is 0 Å². The Kier molecular flexibility index (Phi) is 10.5. The SMILES string of the molecule is C=C(/C=N/NC(=C)c1ccc(C(=O)NCCC(=O)NCCO)cc1)/C=C(\C)OC. The predicted molar refractivity (Wildman–Crippen MR) is 114 cm³/mol. The standard InChI is InChI=1S/C21H28N4O4/c1-15(13-16(2)29-4)14-24-25-17(3)18-5-7-19(8-6-18)21(28)23-10-9-20(27)22-11-12-26/h5-8,13-14,25-26H,1,3,9-12H2,2,4H3,(H,22,27)(H,23,28)/b16-13+,24-14+. The summed E-state index contributed by atoms with van der Waals surface area (Å²) >= 11 is 0. The molecule has 1 aromatic rings. The Morgan fingerprint density at radius 3 is 2.41 bits per heavy atom. The van der Waals surface area contributed by atoms with Gasteiger partial charge in [0, 0.05) is 25.1 Å². The first-order chi connectivity index (χ1) is 13.9. The van der Waals surface area contributed by atoms with Gasteiger partial charge in [-0.2, -0.15) is 5.10 Å². The van der Waals surface area contributed by atoms with Gasteiger partial charge in [-0.15, -0.1) is 0 Å². The lowest BCUT2D eigenvalue weighted by molar-refractivity contribution is -0.121. The minimum atomic E-state index is -0.278. The summed E-state index contributed by atoms with van der Waals surface area (Å²) in [5.41, 5.74) is 5.29. The molecule has 0 bridgehead atoms. The summed E-state index contributed by atoms with van der Waals surface area (Å²) in [6.45, 7) is 9.86. The van der Waals surface area contributed by atoms with Gasteiger partial charge in [-0.25, -0.2) is 0 Å². The van der Waals surface area contributed by atoms with Crippen LogP contribution in [0, 0.1) is 0 Å². The Hall–Kier alpha value is -3.39. The number of amides is 2. The monoisotopic (exact) mass is 400 g/mol. The fourth-order valence-electron chi connectivity index (χ4n) is 2.11. The second-order valence-electron chi connectivity index (χ2n) is 6.04. The third kappa shape index (κ3) is 9.39. The van der Waals surface area contributed by atoms with E-state index >= 15 is 0 Å². The van der Waals surface area contributed by atoms with E-state index < -0.39 is 0 Å². The Balaban J connectivity index is 2.49. The van der Waals surface area contributed by atoms with Gasteiger partial charge in [0.1, 0.15) is 0 Å². The number of methoxy groups -OCH3 is 1. The molecule has 0 aliphatic heterocycles. The Labute approximate surface area is 171 Å². The molecule has 8 nitrogen and oxygen atoms in total. The smallest absolute Gasteiger partial charge is 0.251 e. The van der Waals surface area contributed by atoms with Crippen molar-refractivity contribution in [3.63, 3.8) is 0 Å². The number of carbonyl (C=O) groups is 2. The zero-order valence-electron chi connectivity index (χ0n) is 16.8. The normalized spacial score (nSPS) is 11.1. The van der Waals surface area contributed by atoms with Gasteiger partial charge < -0.3 is 20.5 Å². The number of rotatable bonds is 12. The van der Waals surface area contributed by atoms with E-state index in [0.717, 1.165) is 11.3 Å². The van der Waals surface area contributed by atoms with Crippen LogP contribution in [0.4, 0.5) is 0 Å². The highest BCUT2D eigenvalue weighted by Crippen LogP contribution is 2.11. The first-order valence-corrected chi connectivity index (χ1v) is 9.02. The first-order valence-electron chi connectivity index (χ1n) is 9.02. The van der Waals surface area contributed by atoms with E-state index in [2.05, 4.69) is 34.3 Å². The number of carbonyl (C=O) groups excluding carboxylic acids is 2. The Morgan fingerprint density at radius 2 is 1.79 bits per heavy atom. The van der Waals surface area contributed by atoms with Crippen molar-refractivity contribution in [3.05, 3.63) is 66.0 Å². The molecule has 156 valence electrons. The minimum Gasteiger partial charge on any atom is -0.501 e. The van der Waals surface area contributed by atoms with Crippen LogP contribution in [-0.4, -0.2) is 49.9 Å². The van der Waals surface area contributed by atoms with E-state index in [-0.39, 0.29) is 37.9 Å². The van der Waals surface area contributed by atoms with Crippen LogP contribution < -0.4 is 16.1 Å². The van der Waals surface area contributed by atoms with Gasteiger partial charge in [-0.05, 0) is 36.3 Å². The number of hydrogen-bond donors (Lipinski definition) is 4. The zero-order chi connectivity index (χ0) is 21.6. The van der Waals surface area contributed by atoms with Crippen molar-refractivity contribution < 1.29 is 19.4 Å². The summed E-state index contributed by atoms with van der Waals surface area (Å²) in [7, 11) is 1.58. The molecule has 0 saturated heterocycles. The summed E-state index contributed by atoms with van der Waals surface area (Å²) < 4.78 is 5.04. The second-order valence-corrected chi connectivity index (χ2v) is 6.04. The molecule has 0 unspecified atom stereocenters. The highest BCUT2D eigenvalue weighted by atomic mass is 16.5. The number of aliphatic hydroxyl groups is 1. The summed E-state index contributed by atoms with van der Waals surface area (Å²) in [6, 6.07) is 6.82. The van der Waals surface area contributed by atoms with Crippen LogP contribution >= 0.6 is 0 Å². The number of benzene rings is 1. The van der Waals surface area contributed by atoms with Crippen LogP contribution in [0.2, 0.25) is 0 Å². The molecular weight excluding hydrogens is 372 g/mol. The zero-order valence-corrected chi connectivity index (χ0v) is 16.8. The van der Waals surface area contributed by atoms with Gasteiger partial charge in [0.25, 0.3) is 5.91 Å². The molecule has 0 fully saturated rings. The number of nitrogens with one attached hydrogen (secondary N) is 3. The Morgan fingerprint density at radius 1 is 1.14 bits per heavy atom. The highest BCUT2D eigenvalue weighted by Gasteiger charge is 2.07.